The molecule has 0 spiro atoms. The molecule has 0 unspecified atom stereocenters. The number of amides is 1. The Hall–Kier alpha value is -2.17. The molecule has 1 amide bonds. The van der Waals surface area contributed by atoms with Crippen LogP contribution in [0.2, 0.25) is 0 Å². The van der Waals surface area contributed by atoms with E-state index in [9.17, 15) is 9.18 Å². The monoisotopic (exact) mass is 219 g/mol. The first-order valence-corrected chi connectivity index (χ1v) is 4.67. The summed E-state index contributed by atoms with van der Waals surface area (Å²) >= 11 is 0. The molecule has 82 valence electrons. The van der Waals surface area contributed by atoms with Crippen LogP contribution in [0, 0.1) is 5.82 Å². The lowest BCUT2D eigenvalue weighted by molar-refractivity contribution is 0.100. The van der Waals surface area contributed by atoms with Gasteiger partial charge in [0.1, 0.15) is 11.5 Å². The van der Waals surface area contributed by atoms with Gasteiger partial charge < -0.3 is 5.73 Å². The van der Waals surface area contributed by atoms with E-state index in [2.05, 4.69) is 5.10 Å². The van der Waals surface area contributed by atoms with E-state index in [0.29, 0.717) is 11.3 Å². The number of carbonyl (C=O) groups is 1. The van der Waals surface area contributed by atoms with Crippen molar-refractivity contribution < 1.29 is 9.18 Å². The molecular formula is C11H10FN3O. The van der Waals surface area contributed by atoms with Crippen LogP contribution in [0.15, 0.2) is 30.5 Å². The molecule has 2 aromatic rings. The molecule has 2 N–H and O–H groups in total. The van der Waals surface area contributed by atoms with Crippen LogP contribution in [0.5, 0.6) is 0 Å². The zero-order valence-electron chi connectivity index (χ0n) is 8.64. The Bertz CT molecular complexity index is 548. The summed E-state index contributed by atoms with van der Waals surface area (Å²) in [5, 5.41) is 4.09. The van der Waals surface area contributed by atoms with E-state index in [1.807, 2.05) is 0 Å². The number of aryl methyl sites for hydroxylation is 1. The van der Waals surface area contributed by atoms with Crippen molar-refractivity contribution in [1.82, 2.24) is 9.78 Å². The molecule has 1 aromatic carbocycles. The summed E-state index contributed by atoms with van der Waals surface area (Å²) < 4.78 is 14.5. The summed E-state index contributed by atoms with van der Waals surface area (Å²) in [6.07, 6.45) is 1.52. The van der Waals surface area contributed by atoms with Gasteiger partial charge in [-0.25, -0.2) is 4.39 Å². The molecule has 0 radical (unpaired) electrons. The normalized spacial score (nSPS) is 10.4. The molecule has 1 heterocycles. The molecule has 5 heteroatoms. The van der Waals surface area contributed by atoms with Crippen molar-refractivity contribution in [3.05, 3.63) is 41.8 Å². The molecule has 0 aliphatic heterocycles. The maximum Gasteiger partial charge on any atom is 0.252 e. The van der Waals surface area contributed by atoms with Gasteiger partial charge in [-0.05, 0) is 12.1 Å². The highest BCUT2D eigenvalue weighted by Gasteiger charge is 2.14. The summed E-state index contributed by atoms with van der Waals surface area (Å²) in [6, 6.07) is 5.88. The largest absolute Gasteiger partial charge is 0.365 e. The first-order chi connectivity index (χ1) is 7.58. The number of hydrogen-bond acceptors (Lipinski definition) is 2. The molecule has 0 bridgehead atoms. The lowest BCUT2D eigenvalue weighted by Gasteiger charge is -1.99. The third-order valence-electron chi connectivity index (χ3n) is 2.19. The number of nitrogens with two attached hydrogens (primary N) is 1. The molecule has 0 saturated carbocycles. The molecule has 0 fully saturated rings. The van der Waals surface area contributed by atoms with Crippen molar-refractivity contribution in [3.8, 4) is 11.3 Å². The van der Waals surface area contributed by atoms with Crippen LogP contribution in [0.3, 0.4) is 0 Å². The van der Waals surface area contributed by atoms with Crippen LogP contribution >= 0.6 is 0 Å². The van der Waals surface area contributed by atoms with E-state index in [1.165, 1.54) is 23.0 Å². The van der Waals surface area contributed by atoms with E-state index in [-0.39, 0.29) is 11.4 Å². The molecule has 0 atom stereocenters. The zero-order chi connectivity index (χ0) is 11.7. The number of halogens is 1. The van der Waals surface area contributed by atoms with Gasteiger partial charge in [-0.3, -0.25) is 9.48 Å². The van der Waals surface area contributed by atoms with Gasteiger partial charge in [-0.1, -0.05) is 12.1 Å². The van der Waals surface area contributed by atoms with Crippen LogP contribution in [-0.4, -0.2) is 15.7 Å². The zero-order valence-corrected chi connectivity index (χ0v) is 8.64. The Morgan fingerprint density at radius 1 is 1.50 bits per heavy atom. The maximum atomic E-state index is 13.0. The lowest BCUT2D eigenvalue weighted by atomic mass is 10.1. The standard InChI is InChI=1S/C11H10FN3O/c1-15-6-9(11(13)16)10(14-15)7-3-2-4-8(12)5-7/h2-6H,1H3,(H2,13,16). The third-order valence-corrected chi connectivity index (χ3v) is 2.19. The van der Waals surface area contributed by atoms with Crippen molar-refractivity contribution in [2.45, 2.75) is 0 Å². The van der Waals surface area contributed by atoms with Gasteiger partial charge in [0.25, 0.3) is 5.91 Å². The highest BCUT2D eigenvalue weighted by Crippen LogP contribution is 2.21. The molecule has 16 heavy (non-hydrogen) atoms. The minimum atomic E-state index is -0.577. The lowest BCUT2D eigenvalue weighted by Crippen LogP contribution is -2.11. The minimum Gasteiger partial charge on any atom is -0.365 e. The van der Waals surface area contributed by atoms with Crippen molar-refractivity contribution in [2.75, 3.05) is 0 Å². The first kappa shape index (κ1) is 10.4. The van der Waals surface area contributed by atoms with E-state index >= 15 is 0 Å². The fourth-order valence-electron chi connectivity index (χ4n) is 1.52. The Labute approximate surface area is 91.5 Å². The van der Waals surface area contributed by atoms with E-state index in [1.54, 1.807) is 19.2 Å². The van der Waals surface area contributed by atoms with Crippen molar-refractivity contribution in [1.29, 1.82) is 0 Å². The predicted molar refractivity (Wildman–Crippen MR) is 57.1 cm³/mol. The SMILES string of the molecule is Cn1cc(C(N)=O)c(-c2cccc(F)c2)n1. The van der Waals surface area contributed by atoms with Gasteiger partial charge in [0, 0.05) is 18.8 Å². The van der Waals surface area contributed by atoms with Crippen LogP contribution in [0.4, 0.5) is 4.39 Å². The number of hydrogen-bond donors (Lipinski definition) is 1. The van der Waals surface area contributed by atoms with Crippen LogP contribution in [-0.2, 0) is 7.05 Å². The van der Waals surface area contributed by atoms with Gasteiger partial charge in [-0.15, -0.1) is 0 Å². The van der Waals surface area contributed by atoms with E-state index < -0.39 is 5.91 Å². The quantitative estimate of drug-likeness (QED) is 0.828. The van der Waals surface area contributed by atoms with E-state index in [0.717, 1.165) is 0 Å². The summed E-state index contributed by atoms with van der Waals surface area (Å²) in [5.41, 5.74) is 6.44. The van der Waals surface area contributed by atoms with Crippen molar-refractivity contribution in [2.24, 2.45) is 12.8 Å². The second-order valence-corrected chi connectivity index (χ2v) is 3.44. The number of benzene rings is 1. The molecule has 1 aromatic heterocycles. The molecule has 0 aliphatic rings. The Morgan fingerprint density at radius 2 is 2.25 bits per heavy atom. The highest BCUT2D eigenvalue weighted by molar-refractivity contribution is 5.98. The number of nitrogens with zero attached hydrogens (tertiary/aromatic N) is 2. The molecule has 4 nitrogen and oxygen atoms in total. The molecule has 0 aliphatic carbocycles. The topological polar surface area (TPSA) is 60.9 Å². The fraction of sp³-hybridized carbons (Fsp3) is 0.0909. The number of aromatic nitrogens is 2. The molecule has 0 saturated heterocycles. The molecule has 2 rings (SSSR count). The maximum absolute atomic E-state index is 13.0. The average Bonchev–Trinajstić information content (AvgIpc) is 2.60. The molecular weight excluding hydrogens is 209 g/mol. The number of rotatable bonds is 2. The van der Waals surface area contributed by atoms with Gasteiger partial charge >= 0.3 is 0 Å². The van der Waals surface area contributed by atoms with Crippen molar-refractivity contribution in [3.63, 3.8) is 0 Å². The van der Waals surface area contributed by atoms with Gasteiger partial charge in [-0.2, -0.15) is 5.10 Å². The second-order valence-electron chi connectivity index (χ2n) is 3.44. The van der Waals surface area contributed by atoms with Crippen LogP contribution < -0.4 is 5.73 Å². The Morgan fingerprint density at radius 3 is 2.88 bits per heavy atom. The summed E-state index contributed by atoms with van der Waals surface area (Å²) in [6.45, 7) is 0. The van der Waals surface area contributed by atoms with E-state index in [4.69, 9.17) is 5.73 Å². The highest BCUT2D eigenvalue weighted by atomic mass is 19.1. The van der Waals surface area contributed by atoms with Gasteiger partial charge in [0.15, 0.2) is 0 Å². The van der Waals surface area contributed by atoms with Crippen LogP contribution in [0.1, 0.15) is 10.4 Å². The summed E-state index contributed by atoms with van der Waals surface area (Å²) in [7, 11) is 1.68. The first-order valence-electron chi connectivity index (χ1n) is 4.67. The minimum absolute atomic E-state index is 0.285. The second kappa shape index (κ2) is 3.77. The summed E-state index contributed by atoms with van der Waals surface area (Å²) in [5.74, 6) is -0.953. The van der Waals surface area contributed by atoms with Gasteiger partial charge in [0.2, 0.25) is 0 Å². The Kier molecular flexibility index (Phi) is 2.44. The number of carbonyl (C=O) groups excluding carboxylic acids is 1. The average molecular weight is 219 g/mol. The van der Waals surface area contributed by atoms with Gasteiger partial charge in [0.05, 0.1) is 5.56 Å². The predicted octanol–water partition coefficient (Wildman–Crippen LogP) is 1.33. The Balaban J connectivity index is 2.59. The smallest absolute Gasteiger partial charge is 0.252 e. The fourth-order valence-corrected chi connectivity index (χ4v) is 1.52. The summed E-state index contributed by atoms with van der Waals surface area (Å²) in [4.78, 5) is 11.2. The van der Waals surface area contributed by atoms with Crippen LogP contribution in [0.25, 0.3) is 11.3 Å². The number of primary amides is 1. The third kappa shape index (κ3) is 1.79. The van der Waals surface area contributed by atoms with Crippen molar-refractivity contribution >= 4 is 5.91 Å².